The van der Waals surface area contributed by atoms with Crippen molar-refractivity contribution in [2.45, 2.75) is 6.42 Å². The molecular weight excluding hydrogens is 181 g/mol. The standard InChI is InChI=1S/C3H7N3O3S.Na.H/c4-6-5-2-1-3-10(7,8)9;;/h1-3H2,(H,7,8,9);;. The number of azide groups is 1. The summed E-state index contributed by atoms with van der Waals surface area (Å²) in [5, 5.41) is 3.08. The topological polar surface area (TPSA) is 103 Å². The van der Waals surface area contributed by atoms with Crippen LogP contribution in [0.1, 0.15) is 6.42 Å². The first-order valence-electron chi connectivity index (χ1n) is 2.52. The predicted molar refractivity (Wildman–Crippen MR) is 42.2 cm³/mol. The van der Waals surface area contributed by atoms with E-state index in [4.69, 9.17) is 10.1 Å². The van der Waals surface area contributed by atoms with Crippen LogP contribution in [0.4, 0.5) is 0 Å². The summed E-state index contributed by atoms with van der Waals surface area (Å²) in [4.78, 5) is 2.40. The van der Waals surface area contributed by atoms with E-state index in [-0.39, 0.29) is 48.3 Å². The second kappa shape index (κ2) is 6.90. The molecule has 0 aliphatic rings. The van der Waals surface area contributed by atoms with Gasteiger partial charge in [-0.3, -0.25) is 4.55 Å². The Bertz CT molecular complexity index is 232. The van der Waals surface area contributed by atoms with Crippen LogP contribution in [0.15, 0.2) is 5.11 Å². The van der Waals surface area contributed by atoms with Crippen LogP contribution in [-0.2, 0) is 10.1 Å². The molecule has 0 aromatic rings. The van der Waals surface area contributed by atoms with Crippen LogP contribution in [-0.4, -0.2) is 54.8 Å². The zero-order chi connectivity index (χ0) is 8.04. The van der Waals surface area contributed by atoms with E-state index < -0.39 is 10.1 Å². The quantitative estimate of drug-likeness (QED) is 0.167. The normalized spacial score (nSPS) is 9.55. The van der Waals surface area contributed by atoms with Crippen LogP contribution in [0.25, 0.3) is 10.4 Å². The van der Waals surface area contributed by atoms with Gasteiger partial charge in [0, 0.05) is 11.5 Å². The molecule has 0 aromatic carbocycles. The number of nitrogens with zero attached hydrogens (tertiary/aromatic N) is 3. The second-order valence-electron chi connectivity index (χ2n) is 1.59. The minimum absolute atomic E-state index is 0. The molecule has 0 atom stereocenters. The molecule has 0 heterocycles. The van der Waals surface area contributed by atoms with Gasteiger partial charge >= 0.3 is 29.6 Å². The van der Waals surface area contributed by atoms with E-state index in [1.54, 1.807) is 0 Å². The molecule has 0 bridgehead atoms. The Hall–Kier alpha value is 0.220. The van der Waals surface area contributed by atoms with E-state index in [0.29, 0.717) is 0 Å². The molecule has 6 nitrogen and oxygen atoms in total. The first-order chi connectivity index (χ1) is 4.56. The van der Waals surface area contributed by atoms with Crippen LogP contribution in [0.5, 0.6) is 0 Å². The molecular formula is C3H8N3NaO3S. The van der Waals surface area contributed by atoms with Gasteiger partial charge in [-0.25, -0.2) is 0 Å². The molecule has 0 rings (SSSR count). The molecule has 0 aliphatic heterocycles. The van der Waals surface area contributed by atoms with Crippen molar-refractivity contribution in [3.05, 3.63) is 10.4 Å². The van der Waals surface area contributed by atoms with E-state index in [1.807, 2.05) is 0 Å². The molecule has 0 saturated heterocycles. The van der Waals surface area contributed by atoms with Gasteiger partial charge in [0.05, 0.1) is 5.75 Å². The molecule has 60 valence electrons. The number of hydrogen-bond donors (Lipinski definition) is 1. The van der Waals surface area contributed by atoms with Crippen molar-refractivity contribution in [3.8, 4) is 0 Å². The molecule has 0 spiro atoms. The monoisotopic (exact) mass is 189 g/mol. The Labute approximate surface area is 86.6 Å². The first-order valence-corrected chi connectivity index (χ1v) is 4.13. The minimum atomic E-state index is -3.89. The van der Waals surface area contributed by atoms with Crippen molar-refractivity contribution in [2.24, 2.45) is 5.11 Å². The fourth-order valence-electron chi connectivity index (χ4n) is 0.362. The van der Waals surface area contributed by atoms with Gasteiger partial charge in [-0.15, -0.1) is 0 Å². The van der Waals surface area contributed by atoms with Crippen molar-refractivity contribution in [1.29, 1.82) is 0 Å². The third kappa shape index (κ3) is 13.2. The van der Waals surface area contributed by atoms with E-state index in [0.717, 1.165) is 0 Å². The summed E-state index contributed by atoms with van der Waals surface area (Å²) < 4.78 is 28.2. The molecule has 0 unspecified atom stereocenters. The summed E-state index contributed by atoms with van der Waals surface area (Å²) in [6.07, 6.45) is 0.156. The molecule has 0 amide bonds. The summed E-state index contributed by atoms with van der Waals surface area (Å²) in [6, 6.07) is 0. The molecule has 0 aromatic heterocycles. The molecule has 0 aliphatic carbocycles. The van der Waals surface area contributed by atoms with E-state index in [2.05, 4.69) is 10.0 Å². The third-order valence-electron chi connectivity index (χ3n) is 0.724. The molecule has 1 N–H and O–H groups in total. The van der Waals surface area contributed by atoms with Crippen LogP contribution >= 0.6 is 0 Å². The van der Waals surface area contributed by atoms with E-state index >= 15 is 0 Å². The summed E-state index contributed by atoms with van der Waals surface area (Å²) in [5.41, 5.74) is 7.74. The van der Waals surface area contributed by atoms with E-state index in [9.17, 15) is 8.42 Å². The maximum atomic E-state index is 10.0. The van der Waals surface area contributed by atoms with Crippen molar-refractivity contribution < 1.29 is 13.0 Å². The van der Waals surface area contributed by atoms with Crippen LogP contribution in [0.2, 0.25) is 0 Å². The van der Waals surface area contributed by atoms with Gasteiger partial charge < -0.3 is 0 Å². The summed E-state index contributed by atoms with van der Waals surface area (Å²) in [7, 11) is -3.89. The summed E-state index contributed by atoms with van der Waals surface area (Å²) in [5.74, 6) is -0.355. The molecule has 0 saturated carbocycles. The second-order valence-corrected chi connectivity index (χ2v) is 3.17. The SMILES string of the molecule is [N-]=[N+]=NCCCS(=O)(=O)O.[NaH]. The van der Waals surface area contributed by atoms with Crippen LogP contribution in [0.3, 0.4) is 0 Å². The molecule has 8 heteroatoms. The molecule has 0 radical (unpaired) electrons. The molecule has 0 fully saturated rings. The summed E-state index contributed by atoms with van der Waals surface area (Å²) >= 11 is 0. The summed E-state index contributed by atoms with van der Waals surface area (Å²) in [6.45, 7) is 0.0935. The Morgan fingerprint density at radius 2 is 2.09 bits per heavy atom. The van der Waals surface area contributed by atoms with Crippen LogP contribution in [0, 0.1) is 0 Å². The Morgan fingerprint density at radius 1 is 1.55 bits per heavy atom. The van der Waals surface area contributed by atoms with E-state index in [1.165, 1.54) is 0 Å². The van der Waals surface area contributed by atoms with Gasteiger partial charge in [0.25, 0.3) is 10.1 Å². The zero-order valence-corrected chi connectivity index (χ0v) is 5.95. The van der Waals surface area contributed by atoms with Gasteiger partial charge in [-0.1, -0.05) is 5.11 Å². The number of hydrogen-bond acceptors (Lipinski definition) is 3. The molecule has 11 heavy (non-hydrogen) atoms. The van der Waals surface area contributed by atoms with Crippen molar-refractivity contribution >= 4 is 39.7 Å². The van der Waals surface area contributed by atoms with Gasteiger partial charge in [0.15, 0.2) is 0 Å². The Kier molecular flexibility index (Phi) is 8.65. The number of rotatable bonds is 4. The van der Waals surface area contributed by atoms with Crippen molar-refractivity contribution in [3.63, 3.8) is 0 Å². The van der Waals surface area contributed by atoms with Gasteiger partial charge in [-0.05, 0) is 12.0 Å². The Balaban J connectivity index is 0. The van der Waals surface area contributed by atoms with Crippen LogP contribution < -0.4 is 0 Å². The van der Waals surface area contributed by atoms with Gasteiger partial charge in [-0.2, -0.15) is 8.42 Å². The van der Waals surface area contributed by atoms with Gasteiger partial charge in [0.2, 0.25) is 0 Å². The van der Waals surface area contributed by atoms with Crippen molar-refractivity contribution in [2.75, 3.05) is 12.3 Å². The average Bonchev–Trinajstić information content (AvgIpc) is 1.78. The zero-order valence-electron chi connectivity index (χ0n) is 5.13. The third-order valence-corrected chi connectivity index (χ3v) is 1.53. The van der Waals surface area contributed by atoms with Crippen molar-refractivity contribution in [1.82, 2.24) is 0 Å². The average molecular weight is 189 g/mol. The predicted octanol–water partition coefficient (Wildman–Crippen LogP) is -0.0739. The first kappa shape index (κ1) is 13.8. The fourth-order valence-corrected chi connectivity index (χ4v) is 0.856. The fraction of sp³-hybridized carbons (Fsp3) is 1.00. The Morgan fingerprint density at radius 3 is 2.45 bits per heavy atom. The maximum absolute atomic E-state index is 10.0. The van der Waals surface area contributed by atoms with Gasteiger partial charge in [0.1, 0.15) is 0 Å².